The lowest BCUT2D eigenvalue weighted by molar-refractivity contribution is -0.126. The summed E-state index contributed by atoms with van der Waals surface area (Å²) in [5.41, 5.74) is 4.78. The maximum absolute atomic E-state index is 12.2. The third-order valence-corrected chi connectivity index (χ3v) is 5.68. The standard InChI is InChI=1S/C16H26N4O3S/c1-13-4-5-15(12-14(13)2)24(22,23)17-7-6-16(21)18-20-10-8-19(3)9-11-20/h4-5,12,17H,6-11H2,1-3H3,(H,18,21). The lowest BCUT2D eigenvalue weighted by atomic mass is 10.1. The predicted molar refractivity (Wildman–Crippen MR) is 92.9 cm³/mol. The number of piperazine rings is 1. The van der Waals surface area contributed by atoms with Crippen molar-refractivity contribution in [2.24, 2.45) is 0 Å². The van der Waals surface area contributed by atoms with Gasteiger partial charge in [0.05, 0.1) is 4.90 Å². The normalized spacial score (nSPS) is 17.0. The SMILES string of the molecule is Cc1ccc(S(=O)(=O)NCCC(=O)NN2CCN(C)CC2)cc1C. The molecule has 8 heteroatoms. The lowest BCUT2D eigenvalue weighted by Crippen LogP contribution is -2.52. The Morgan fingerprint density at radius 1 is 1.12 bits per heavy atom. The number of sulfonamides is 1. The van der Waals surface area contributed by atoms with E-state index in [0.29, 0.717) is 0 Å². The summed E-state index contributed by atoms with van der Waals surface area (Å²) < 4.78 is 27.0. The molecule has 2 rings (SSSR count). The fraction of sp³-hybridized carbons (Fsp3) is 0.562. The molecule has 0 spiro atoms. The van der Waals surface area contributed by atoms with Crippen LogP contribution < -0.4 is 10.1 Å². The summed E-state index contributed by atoms with van der Waals surface area (Å²) in [6.45, 7) is 7.24. The molecule has 0 saturated carbocycles. The molecule has 1 aromatic rings. The molecule has 0 radical (unpaired) electrons. The predicted octanol–water partition coefficient (Wildman–Crippen LogP) is 0.250. The minimum Gasteiger partial charge on any atom is -0.304 e. The van der Waals surface area contributed by atoms with Crippen molar-refractivity contribution in [1.29, 1.82) is 0 Å². The number of hydrogen-bond acceptors (Lipinski definition) is 5. The number of amides is 1. The summed E-state index contributed by atoms with van der Waals surface area (Å²) in [7, 11) is -1.54. The van der Waals surface area contributed by atoms with Gasteiger partial charge in [0.2, 0.25) is 15.9 Å². The molecule has 2 N–H and O–H groups in total. The van der Waals surface area contributed by atoms with E-state index in [1.807, 2.05) is 25.9 Å². The van der Waals surface area contributed by atoms with Crippen LogP contribution in [0.2, 0.25) is 0 Å². The smallest absolute Gasteiger partial charge is 0.240 e. The Morgan fingerprint density at radius 3 is 2.42 bits per heavy atom. The molecule has 1 aromatic carbocycles. The maximum Gasteiger partial charge on any atom is 0.240 e. The van der Waals surface area contributed by atoms with Crippen molar-refractivity contribution in [3.05, 3.63) is 29.3 Å². The molecule has 1 saturated heterocycles. The lowest BCUT2D eigenvalue weighted by Gasteiger charge is -2.32. The van der Waals surface area contributed by atoms with Gasteiger partial charge in [0.1, 0.15) is 0 Å². The summed E-state index contributed by atoms with van der Waals surface area (Å²) in [6, 6.07) is 5.00. The van der Waals surface area contributed by atoms with Gasteiger partial charge in [-0.1, -0.05) is 6.07 Å². The molecule has 24 heavy (non-hydrogen) atoms. The maximum atomic E-state index is 12.2. The third-order valence-electron chi connectivity index (χ3n) is 4.22. The van der Waals surface area contributed by atoms with Crippen LogP contribution in [0.25, 0.3) is 0 Å². The Hall–Kier alpha value is -1.48. The average Bonchev–Trinajstić information content (AvgIpc) is 2.52. The van der Waals surface area contributed by atoms with Crippen molar-refractivity contribution in [2.75, 3.05) is 39.8 Å². The van der Waals surface area contributed by atoms with Crippen LogP contribution >= 0.6 is 0 Å². The molecule has 1 fully saturated rings. The van der Waals surface area contributed by atoms with Crippen LogP contribution in [0.15, 0.2) is 23.1 Å². The van der Waals surface area contributed by atoms with E-state index in [-0.39, 0.29) is 23.8 Å². The Kier molecular flexibility index (Phi) is 6.34. The molecule has 0 bridgehead atoms. The largest absolute Gasteiger partial charge is 0.304 e. The number of nitrogens with zero attached hydrogens (tertiary/aromatic N) is 2. The first-order valence-electron chi connectivity index (χ1n) is 8.08. The van der Waals surface area contributed by atoms with Crippen molar-refractivity contribution in [2.45, 2.75) is 25.2 Å². The Morgan fingerprint density at radius 2 is 1.79 bits per heavy atom. The van der Waals surface area contributed by atoms with Gasteiger partial charge < -0.3 is 4.90 Å². The summed E-state index contributed by atoms with van der Waals surface area (Å²) in [5, 5.41) is 1.88. The molecule has 134 valence electrons. The zero-order valence-electron chi connectivity index (χ0n) is 14.5. The van der Waals surface area contributed by atoms with Crippen molar-refractivity contribution < 1.29 is 13.2 Å². The topological polar surface area (TPSA) is 81.7 Å². The Bertz CT molecular complexity index is 683. The van der Waals surface area contributed by atoms with E-state index in [4.69, 9.17) is 0 Å². The van der Waals surface area contributed by atoms with Gasteiger partial charge in [-0.05, 0) is 44.2 Å². The van der Waals surface area contributed by atoms with Gasteiger partial charge in [-0.25, -0.2) is 18.1 Å². The number of benzene rings is 1. The van der Waals surface area contributed by atoms with E-state index in [2.05, 4.69) is 15.0 Å². The highest BCUT2D eigenvalue weighted by atomic mass is 32.2. The van der Waals surface area contributed by atoms with Gasteiger partial charge in [-0.2, -0.15) is 0 Å². The summed E-state index contributed by atoms with van der Waals surface area (Å²) in [4.78, 5) is 14.3. The second-order valence-corrected chi connectivity index (χ2v) is 7.99. The van der Waals surface area contributed by atoms with Crippen LogP contribution in [-0.4, -0.2) is 64.0 Å². The number of hydrogen-bond donors (Lipinski definition) is 2. The number of nitrogens with one attached hydrogen (secondary N) is 2. The third kappa shape index (κ3) is 5.27. The molecular formula is C16H26N4O3S. The second-order valence-electron chi connectivity index (χ2n) is 6.22. The average molecular weight is 354 g/mol. The first-order chi connectivity index (χ1) is 11.3. The summed E-state index contributed by atoms with van der Waals surface area (Å²) in [5.74, 6) is -0.178. The number of likely N-dealkylation sites (N-methyl/N-ethyl adjacent to an activating group) is 1. The highest BCUT2D eigenvalue weighted by Crippen LogP contribution is 2.14. The van der Waals surface area contributed by atoms with E-state index in [1.54, 1.807) is 18.2 Å². The highest BCUT2D eigenvalue weighted by Gasteiger charge is 2.17. The Balaban J connectivity index is 1.80. The molecule has 1 aliphatic heterocycles. The number of hydrazine groups is 1. The van der Waals surface area contributed by atoms with E-state index in [0.717, 1.165) is 37.3 Å². The zero-order chi connectivity index (χ0) is 17.7. The number of rotatable bonds is 6. The van der Waals surface area contributed by atoms with Gasteiger partial charge in [0.15, 0.2) is 0 Å². The summed E-state index contributed by atoms with van der Waals surface area (Å²) in [6.07, 6.45) is 0.108. The molecular weight excluding hydrogens is 328 g/mol. The Labute approximate surface area is 144 Å². The molecule has 0 atom stereocenters. The quantitative estimate of drug-likeness (QED) is 0.765. The van der Waals surface area contributed by atoms with Crippen molar-refractivity contribution in [1.82, 2.24) is 20.1 Å². The van der Waals surface area contributed by atoms with E-state index >= 15 is 0 Å². The van der Waals surface area contributed by atoms with Crippen LogP contribution in [0.5, 0.6) is 0 Å². The van der Waals surface area contributed by atoms with E-state index in [9.17, 15) is 13.2 Å². The van der Waals surface area contributed by atoms with Crippen molar-refractivity contribution >= 4 is 15.9 Å². The van der Waals surface area contributed by atoms with Gasteiger partial charge >= 0.3 is 0 Å². The van der Waals surface area contributed by atoms with Crippen LogP contribution in [0.4, 0.5) is 0 Å². The minimum atomic E-state index is -3.59. The fourth-order valence-electron chi connectivity index (χ4n) is 2.41. The number of aryl methyl sites for hydroxylation is 2. The molecule has 1 aliphatic rings. The molecule has 0 aromatic heterocycles. The van der Waals surface area contributed by atoms with Gasteiger partial charge in [-0.15, -0.1) is 0 Å². The van der Waals surface area contributed by atoms with Crippen LogP contribution in [0.3, 0.4) is 0 Å². The van der Waals surface area contributed by atoms with Crippen LogP contribution in [0.1, 0.15) is 17.5 Å². The van der Waals surface area contributed by atoms with Gasteiger partial charge in [0, 0.05) is 39.1 Å². The zero-order valence-corrected chi connectivity index (χ0v) is 15.3. The van der Waals surface area contributed by atoms with Gasteiger partial charge in [-0.3, -0.25) is 10.2 Å². The molecule has 1 heterocycles. The first-order valence-corrected chi connectivity index (χ1v) is 9.56. The van der Waals surface area contributed by atoms with Crippen LogP contribution in [-0.2, 0) is 14.8 Å². The van der Waals surface area contributed by atoms with Crippen molar-refractivity contribution in [3.8, 4) is 0 Å². The van der Waals surface area contributed by atoms with Crippen molar-refractivity contribution in [3.63, 3.8) is 0 Å². The second kappa shape index (κ2) is 8.06. The number of carbonyl (C=O) groups excluding carboxylic acids is 1. The first kappa shape index (κ1) is 18.9. The minimum absolute atomic E-state index is 0.0782. The van der Waals surface area contributed by atoms with Gasteiger partial charge in [0.25, 0.3) is 0 Å². The highest BCUT2D eigenvalue weighted by molar-refractivity contribution is 7.89. The molecule has 0 aliphatic carbocycles. The van der Waals surface area contributed by atoms with E-state index < -0.39 is 10.0 Å². The van der Waals surface area contributed by atoms with Crippen LogP contribution in [0, 0.1) is 13.8 Å². The molecule has 0 unspecified atom stereocenters. The number of carbonyl (C=O) groups is 1. The molecule has 1 amide bonds. The fourth-order valence-corrected chi connectivity index (χ4v) is 3.53. The van der Waals surface area contributed by atoms with E-state index in [1.165, 1.54) is 0 Å². The molecule has 7 nitrogen and oxygen atoms in total. The monoisotopic (exact) mass is 354 g/mol. The summed E-state index contributed by atoms with van der Waals surface area (Å²) >= 11 is 0.